The Morgan fingerprint density at radius 1 is 1.19 bits per heavy atom. The van der Waals surface area contributed by atoms with Gasteiger partial charge >= 0.3 is 6.18 Å². The summed E-state index contributed by atoms with van der Waals surface area (Å²) in [6.45, 7) is 3.19. The van der Waals surface area contributed by atoms with Crippen LogP contribution in [0.15, 0.2) is 16.7 Å². The molecule has 1 aliphatic carbocycles. The first-order valence-corrected chi connectivity index (χ1v) is 8.59. The third kappa shape index (κ3) is 3.73. The van der Waals surface area contributed by atoms with Gasteiger partial charge in [0.15, 0.2) is 0 Å². The number of hydrogen-bond donors (Lipinski definition) is 1. The van der Waals surface area contributed by atoms with Crippen LogP contribution in [0.1, 0.15) is 71.0 Å². The van der Waals surface area contributed by atoms with Crippen molar-refractivity contribution in [3.63, 3.8) is 0 Å². The van der Waals surface area contributed by atoms with E-state index >= 15 is 0 Å². The van der Waals surface area contributed by atoms with Crippen molar-refractivity contribution in [3.8, 4) is 0 Å². The summed E-state index contributed by atoms with van der Waals surface area (Å²) in [5, 5.41) is 6.70. The molecule has 1 saturated carbocycles. The van der Waals surface area contributed by atoms with E-state index in [2.05, 4.69) is 15.5 Å². The van der Waals surface area contributed by atoms with Crippen LogP contribution in [0.5, 0.6) is 0 Å². The summed E-state index contributed by atoms with van der Waals surface area (Å²) in [5.41, 5.74) is 0.655. The quantitative estimate of drug-likeness (QED) is 0.828. The highest BCUT2D eigenvalue weighted by Crippen LogP contribution is 2.36. The average molecular weight is 367 g/mol. The molecule has 2 aromatic heterocycles. The van der Waals surface area contributed by atoms with Crippen LogP contribution in [0.2, 0.25) is 0 Å². The molecule has 0 spiro atoms. The van der Waals surface area contributed by atoms with E-state index in [0.717, 1.165) is 49.1 Å². The van der Waals surface area contributed by atoms with E-state index < -0.39 is 17.8 Å². The standard InChI is InChI=1S/C18H20F3N3O2/c1-10-15(12-6-4-3-5-7-12)24-26-17(10)23-16(25)13-8-9-14(18(19,20)21)22-11(13)2/h8-9,12H,3-7H2,1-2H3,(H,23,25). The highest BCUT2D eigenvalue weighted by atomic mass is 19.4. The molecule has 1 fully saturated rings. The Balaban J connectivity index is 1.77. The number of rotatable bonds is 3. The van der Waals surface area contributed by atoms with Gasteiger partial charge < -0.3 is 4.52 Å². The average Bonchev–Trinajstić information content (AvgIpc) is 2.95. The molecule has 1 N–H and O–H groups in total. The van der Waals surface area contributed by atoms with E-state index in [9.17, 15) is 18.0 Å². The van der Waals surface area contributed by atoms with Crippen molar-refractivity contribution in [1.29, 1.82) is 0 Å². The number of amides is 1. The van der Waals surface area contributed by atoms with E-state index in [4.69, 9.17) is 4.52 Å². The summed E-state index contributed by atoms with van der Waals surface area (Å²) in [6, 6.07) is 1.91. The lowest BCUT2D eigenvalue weighted by atomic mass is 9.86. The van der Waals surface area contributed by atoms with Crippen LogP contribution in [-0.4, -0.2) is 16.0 Å². The number of alkyl halides is 3. The van der Waals surface area contributed by atoms with E-state index in [1.165, 1.54) is 13.3 Å². The van der Waals surface area contributed by atoms with Gasteiger partial charge in [-0.15, -0.1) is 0 Å². The molecule has 0 unspecified atom stereocenters. The van der Waals surface area contributed by atoms with E-state index in [-0.39, 0.29) is 17.1 Å². The smallest absolute Gasteiger partial charge is 0.338 e. The Hall–Kier alpha value is -2.38. The summed E-state index contributed by atoms with van der Waals surface area (Å²) in [5.74, 6) is -0.0133. The zero-order valence-electron chi connectivity index (χ0n) is 14.6. The molecule has 1 aliphatic rings. The number of aromatic nitrogens is 2. The van der Waals surface area contributed by atoms with Gasteiger partial charge in [0.2, 0.25) is 5.88 Å². The number of aryl methyl sites for hydroxylation is 1. The number of pyridine rings is 1. The SMILES string of the molecule is Cc1nc(C(F)(F)F)ccc1C(=O)Nc1onc(C2CCCCC2)c1C. The number of carbonyl (C=O) groups excluding carboxylic acids is 1. The maximum atomic E-state index is 12.7. The molecule has 0 bridgehead atoms. The van der Waals surface area contributed by atoms with Gasteiger partial charge in [-0.05, 0) is 38.8 Å². The van der Waals surface area contributed by atoms with Gasteiger partial charge in [0.1, 0.15) is 5.69 Å². The first kappa shape index (κ1) is 18.4. The molecule has 3 rings (SSSR count). The first-order chi connectivity index (χ1) is 12.3. The number of hydrogen-bond acceptors (Lipinski definition) is 4. The van der Waals surface area contributed by atoms with E-state index in [0.29, 0.717) is 5.92 Å². The Bertz CT molecular complexity index is 808. The Morgan fingerprint density at radius 3 is 2.50 bits per heavy atom. The number of halogens is 3. The third-order valence-electron chi connectivity index (χ3n) is 4.80. The molecule has 0 radical (unpaired) electrons. The second-order valence-electron chi connectivity index (χ2n) is 6.64. The Morgan fingerprint density at radius 2 is 1.88 bits per heavy atom. The number of anilines is 1. The molecule has 2 heterocycles. The number of carbonyl (C=O) groups is 1. The van der Waals surface area contributed by atoms with Crippen molar-refractivity contribution >= 4 is 11.8 Å². The Labute approximate surface area is 149 Å². The zero-order valence-corrected chi connectivity index (χ0v) is 14.6. The highest BCUT2D eigenvalue weighted by molar-refractivity contribution is 6.04. The number of nitrogens with zero attached hydrogens (tertiary/aromatic N) is 2. The normalized spacial score (nSPS) is 15.9. The zero-order chi connectivity index (χ0) is 18.9. The lowest BCUT2D eigenvalue weighted by Crippen LogP contribution is -2.17. The second kappa shape index (κ2) is 7.09. The van der Waals surface area contributed by atoms with Crippen LogP contribution in [-0.2, 0) is 6.18 Å². The fraction of sp³-hybridized carbons (Fsp3) is 0.500. The summed E-state index contributed by atoms with van der Waals surface area (Å²) >= 11 is 0. The molecule has 140 valence electrons. The predicted octanol–water partition coefficient (Wildman–Crippen LogP) is 5.01. The predicted molar refractivity (Wildman–Crippen MR) is 89.0 cm³/mol. The van der Waals surface area contributed by atoms with Gasteiger partial charge in [0, 0.05) is 11.5 Å². The van der Waals surface area contributed by atoms with Crippen molar-refractivity contribution in [2.24, 2.45) is 0 Å². The van der Waals surface area contributed by atoms with Gasteiger partial charge in [-0.3, -0.25) is 10.1 Å². The monoisotopic (exact) mass is 367 g/mol. The first-order valence-electron chi connectivity index (χ1n) is 8.59. The summed E-state index contributed by atoms with van der Waals surface area (Å²) in [7, 11) is 0. The van der Waals surface area contributed by atoms with Crippen LogP contribution in [0.3, 0.4) is 0 Å². The van der Waals surface area contributed by atoms with Crippen molar-refractivity contribution in [3.05, 3.63) is 40.3 Å². The second-order valence-corrected chi connectivity index (χ2v) is 6.64. The molecule has 0 aliphatic heterocycles. The van der Waals surface area contributed by atoms with E-state index in [1.807, 2.05) is 6.92 Å². The summed E-state index contributed by atoms with van der Waals surface area (Å²) in [6.07, 6.45) is 1.06. The van der Waals surface area contributed by atoms with Crippen LogP contribution in [0, 0.1) is 13.8 Å². The molecular formula is C18H20F3N3O2. The minimum absolute atomic E-state index is 0.00185. The van der Waals surface area contributed by atoms with Crippen molar-refractivity contribution in [1.82, 2.24) is 10.1 Å². The minimum atomic E-state index is -4.55. The molecule has 0 atom stereocenters. The molecule has 2 aromatic rings. The molecule has 5 nitrogen and oxygen atoms in total. The largest absolute Gasteiger partial charge is 0.433 e. The van der Waals surface area contributed by atoms with Crippen molar-refractivity contribution in [2.75, 3.05) is 5.32 Å². The lowest BCUT2D eigenvalue weighted by Gasteiger charge is -2.19. The van der Waals surface area contributed by atoms with Gasteiger partial charge in [-0.25, -0.2) is 4.98 Å². The van der Waals surface area contributed by atoms with Crippen molar-refractivity contribution < 1.29 is 22.5 Å². The van der Waals surface area contributed by atoms with Gasteiger partial charge in [0.25, 0.3) is 5.91 Å². The topological polar surface area (TPSA) is 68.0 Å². The van der Waals surface area contributed by atoms with Crippen LogP contribution in [0.4, 0.5) is 19.1 Å². The lowest BCUT2D eigenvalue weighted by molar-refractivity contribution is -0.141. The maximum Gasteiger partial charge on any atom is 0.433 e. The molecule has 26 heavy (non-hydrogen) atoms. The highest BCUT2D eigenvalue weighted by Gasteiger charge is 2.33. The van der Waals surface area contributed by atoms with E-state index in [1.54, 1.807) is 0 Å². The van der Waals surface area contributed by atoms with Gasteiger partial charge in [0.05, 0.1) is 17.0 Å². The Kier molecular flexibility index (Phi) is 5.02. The van der Waals surface area contributed by atoms with Gasteiger partial charge in [-0.2, -0.15) is 13.2 Å². The number of nitrogens with one attached hydrogen (secondary N) is 1. The molecule has 0 saturated heterocycles. The minimum Gasteiger partial charge on any atom is -0.338 e. The molecular weight excluding hydrogens is 347 g/mol. The van der Waals surface area contributed by atoms with Crippen LogP contribution < -0.4 is 5.32 Å². The van der Waals surface area contributed by atoms with Crippen LogP contribution >= 0.6 is 0 Å². The fourth-order valence-corrected chi connectivity index (χ4v) is 3.35. The van der Waals surface area contributed by atoms with Gasteiger partial charge in [-0.1, -0.05) is 24.4 Å². The third-order valence-corrected chi connectivity index (χ3v) is 4.80. The van der Waals surface area contributed by atoms with Crippen molar-refractivity contribution in [2.45, 2.75) is 58.0 Å². The fourth-order valence-electron chi connectivity index (χ4n) is 3.35. The maximum absolute atomic E-state index is 12.7. The molecule has 0 aromatic carbocycles. The van der Waals surface area contributed by atoms with Crippen LogP contribution in [0.25, 0.3) is 0 Å². The molecule has 1 amide bonds. The molecule has 8 heteroatoms. The summed E-state index contributed by atoms with van der Waals surface area (Å²) in [4.78, 5) is 15.9. The summed E-state index contributed by atoms with van der Waals surface area (Å²) < 4.78 is 43.4.